The number of carbonyl (C=O) groups excluding carboxylic acids is 1. The molecular weight excluding hydrogens is 198 g/mol. The average Bonchev–Trinajstić information content (AvgIpc) is 2.09. The Labute approximate surface area is 101 Å². The van der Waals surface area contributed by atoms with Crippen LogP contribution in [0.3, 0.4) is 0 Å². The highest BCUT2D eigenvalue weighted by molar-refractivity contribution is 5.89. The fourth-order valence-corrected chi connectivity index (χ4v) is 2.11. The van der Waals surface area contributed by atoms with E-state index >= 15 is 0 Å². The molecule has 0 amide bonds. The molecule has 96 valence electrons. The van der Waals surface area contributed by atoms with Gasteiger partial charge in [0.25, 0.3) is 0 Å². The van der Waals surface area contributed by atoms with Crippen molar-refractivity contribution in [3.05, 3.63) is 0 Å². The number of nitrogens with zero attached hydrogens (tertiary/aromatic N) is 1. The molecule has 0 aromatic rings. The molecule has 0 aliphatic carbocycles. The topological polar surface area (TPSA) is 20.3 Å². The van der Waals surface area contributed by atoms with Gasteiger partial charge >= 0.3 is 0 Å². The maximum atomic E-state index is 12.5. The van der Waals surface area contributed by atoms with E-state index in [2.05, 4.69) is 39.5 Å². The smallest absolute Gasteiger partial charge is 0.155 e. The Kier molecular flexibility index (Phi) is 5.18. The summed E-state index contributed by atoms with van der Waals surface area (Å²) in [5.41, 5.74) is -0.267. The van der Waals surface area contributed by atoms with Gasteiger partial charge in [0.15, 0.2) is 5.78 Å². The van der Waals surface area contributed by atoms with Crippen LogP contribution < -0.4 is 0 Å². The van der Waals surface area contributed by atoms with E-state index in [1.807, 2.05) is 20.8 Å². The fourth-order valence-electron chi connectivity index (χ4n) is 2.11. The molecule has 0 aliphatic rings. The van der Waals surface area contributed by atoms with Gasteiger partial charge in [0.2, 0.25) is 0 Å². The Morgan fingerprint density at radius 2 is 1.38 bits per heavy atom. The summed E-state index contributed by atoms with van der Waals surface area (Å²) in [7, 11) is 0. The first-order valence-electron chi connectivity index (χ1n) is 6.34. The van der Waals surface area contributed by atoms with Gasteiger partial charge in [-0.3, -0.25) is 9.69 Å². The van der Waals surface area contributed by atoms with Crippen molar-refractivity contribution in [1.82, 2.24) is 4.90 Å². The number of Topliss-reactive ketones (excluding diaryl/α,β-unsaturated/α-hetero) is 1. The van der Waals surface area contributed by atoms with Crippen molar-refractivity contribution in [3.8, 4) is 0 Å². The van der Waals surface area contributed by atoms with E-state index in [0.717, 1.165) is 13.1 Å². The lowest BCUT2D eigenvalue weighted by Crippen LogP contribution is -2.52. The summed E-state index contributed by atoms with van der Waals surface area (Å²) in [6, 6.07) is 0.0162. The molecule has 16 heavy (non-hydrogen) atoms. The van der Waals surface area contributed by atoms with Gasteiger partial charge in [-0.15, -0.1) is 0 Å². The van der Waals surface area contributed by atoms with Crippen molar-refractivity contribution < 1.29 is 4.79 Å². The van der Waals surface area contributed by atoms with Crippen molar-refractivity contribution in [2.24, 2.45) is 10.8 Å². The minimum absolute atomic E-state index is 0.00359. The van der Waals surface area contributed by atoms with Gasteiger partial charge in [-0.05, 0) is 18.5 Å². The number of likely N-dealkylation sites (N-methyl/N-ethyl adjacent to an activating group) is 1. The van der Waals surface area contributed by atoms with Gasteiger partial charge in [0.1, 0.15) is 0 Å². The number of hydrogen-bond donors (Lipinski definition) is 0. The third-order valence-corrected chi connectivity index (χ3v) is 2.99. The van der Waals surface area contributed by atoms with Crippen LogP contribution >= 0.6 is 0 Å². The van der Waals surface area contributed by atoms with Crippen LogP contribution in [0, 0.1) is 10.8 Å². The first kappa shape index (κ1) is 15.6. The van der Waals surface area contributed by atoms with Crippen LogP contribution in [0.15, 0.2) is 0 Å². The Hall–Kier alpha value is -0.370. The van der Waals surface area contributed by atoms with Crippen LogP contribution in [0.25, 0.3) is 0 Å². The van der Waals surface area contributed by atoms with Crippen LogP contribution in [0.1, 0.15) is 55.4 Å². The molecule has 0 saturated carbocycles. The second kappa shape index (κ2) is 5.31. The van der Waals surface area contributed by atoms with Crippen LogP contribution in [-0.4, -0.2) is 29.8 Å². The fraction of sp³-hybridized carbons (Fsp3) is 0.929. The standard InChI is InChI=1S/C14H29NO/c1-9-15(10-2)11(13(3,4)5)12(16)14(6,7)8/h11H,9-10H2,1-8H3/t11-/m0/s1. The Balaban J connectivity index is 5.19. The van der Waals surface area contributed by atoms with E-state index in [9.17, 15) is 4.79 Å². The van der Waals surface area contributed by atoms with Crippen molar-refractivity contribution >= 4 is 5.78 Å². The average molecular weight is 227 g/mol. The molecule has 0 aliphatic heterocycles. The molecular formula is C14H29NO. The highest BCUT2D eigenvalue weighted by atomic mass is 16.1. The molecule has 0 N–H and O–H groups in total. The molecule has 0 spiro atoms. The van der Waals surface area contributed by atoms with E-state index in [1.54, 1.807) is 0 Å². The molecule has 0 aromatic carbocycles. The predicted molar refractivity (Wildman–Crippen MR) is 70.6 cm³/mol. The van der Waals surface area contributed by atoms with E-state index in [1.165, 1.54) is 0 Å². The maximum Gasteiger partial charge on any atom is 0.155 e. The number of hydrogen-bond acceptors (Lipinski definition) is 2. The third-order valence-electron chi connectivity index (χ3n) is 2.99. The summed E-state index contributed by atoms with van der Waals surface area (Å²) in [6.45, 7) is 18.6. The van der Waals surface area contributed by atoms with Gasteiger partial charge < -0.3 is 0 Å². The first-order valence-corrected chi connectivity index (χ1v) is 6.34. The molecule has 0 unspecified atom stereocenters. The lowest BCUT2D eigenvalue weighted by atomic mass is 9.75. The zero-order valence-corrected chi connectivity index (χ0v) is 12.3. The zero-order valence-electron chi connectivity index (χ0n) is 12.3. The second-order valence-electron chi connectivity index (χ2n) is 6.60. The lowest BCUT2D eigenvalue weighted by molar-refractivity contribution is -0.135. The minimum atomic E-state index is -0.263. The van der Waals surface area contributed by atoms with Crippen LogP contribution in [0.5, 0.6) is 0 Å². The molecule has 2 heteroatoms. The number of ketones is 1. The summed E-state index contributed by atoms with van der Waals surface area (Å²) >= 11 is 0. The SMILES string of the molecule is CCN(CC)[C@@H](C(=O)C(C)(C)C)C(C)(C)C. The van der Waals surface area contributed by atoms with Crippen molar-refractivity contribution in [2.45, 2.75) is 61.4 Å². The van der Waals surface area contributed by atoms with E-state index < -0.39 is 0 Å². The lowest BCUT2D eigenvalue weighted by Gasteiger charge is -2.41. The van der Waals surface area contributed by atoms with Crippen molar-refractivity contribution in [3.63, 3.8) is 0 Å². The normalized spacial score (nSPS) is 15.3. The predicted octanol–water partition coefficient (Wildman–Crippen LogP) is 3.36. The van der Waals surface area contributed by atoms with Crippen molar-refractivity contribution in [1.29, 1.82) is 0 Å². The van der Waals surface area contributed by atoms with Crippen LogP contribution in [0.4, 0.5) is 0 Å². The molecule has 0 heterocycles. The summed E-state index contributed by atoms with van der Waals surface area (Å²) in [4.78, 5) is 14.8. The molecule has 0 radical (unpaired) electrons. The molecule has 0 fully saturated rings. The Morgan fingerprint density at radius 1 is 1.00 bits per heavy atom. The second-order valence-corrected chi connectivity index (χ2v) is 6.60. The third kappa shape index (κ3) is 3.89. The molecule has 0 bridgehead atoms. The van der Waals surface area contributed by atoms with Gasteiger partial charge in [0, 0.05) is 5.41 Å². The first-order chi connectivity index (χ1) is 7.05. The highest BCUT2D eigenvalue weighted by Gasteiger charge is 2.39. The van der Waals surface area contributed by atoms with Crippen LogP contribution in [-0.2, 0) is 4.79 Å². The van der Waals surface area contributed by atoms with E-state index in [0.29, 0.717) is 5.78 Å². The molecule has 1 atom stereocenters. The van der Waals surface area contributed by atoms with Gasteiger partial charge in [-0.25, -0.2) is 0 Å². The van der Waals surface area contributed by atoms with Crippen LogP contribution in [0.2, 0.25) is 0 Å². The summed E-state index contributed by atoms with van der Waals surface area (Å²) in [6.07, 6.45) is 0. The van der Waals surface area contributed by atoms with Gasteiger partial charge in [-0.2, -0.15) is 0 Å². The maximum absolute atomic E-state index is 12.5. The molecule has 0 aromatic heterocycles. The quantitative estimate of drug-likeness (QED) is 0.734. The van der Waals surface area contributed by atoms with Gasteiger partial charge in [0.05, 0.1) is 6.04 Å². The van der Waals surface area contributed by atoms with E-state index in [-0.39, 0.29) is 16.9 Å². The summed E-state index contributed by atoms with van der Waals surface area (Å²) in [5, 5.41) is 0. The Morgan fingerprint density at radius 3 is 1.56 bits per heavy atom. The Bertz CT molecular complexity index is 228. The highest BCUT2D eigenvalue weighted by Crippen LogP contribution is 2.31. The molecule has 2 nitrogen and oxygen atoms in total. The van der Waals surface area contributed by atoms with E-state index in [4.69, 9.17) is 0 Å². The summed E-state index contributed by atoms with van der Waals surface area (Å²) < 4.78 is 0. The molecule has 0 rings (SSSR count). The number of carbonyl (C=O) groups is 1. The zero-order chi connectivity index (χ0) is 13.1. The van der Waals surface area contributed by atoms with Crippen molar-refractivity contribution in [2.75, 3.05) is 13.1 Å². The molecule has 0 saturated heterocycles. The number of rotatable bonds is 4. The largest absolute Gasteiger partial charge is 0.297 e. The monoisotopic (exact) mass is 227 g/mol. The summed E-state index contributed by atoms with van der Waals surface area (Å²) in [5.74, 6) is 0.351. The minimum Gasteiger partial charge on any atom is -0.297 e. The van der Waals surface area contributed by atoms with Gasteiger partial charge in [-0.1, -0.05) is 55.4 Å².